The Morgan fingerprint density at radius 2 is 1.83 bits per heavy atom. The molecule has 1 aliphatic heterocycles. The lowest BCUT2D eigenvalue weighted by molar-refractivity contribution is -0.141. The van der Waals surface area contributed by atoms with Crippen LogP contribution in [0.2, 0.25) is 0 Å². The minimum absolute atomic E-state index is 0.0897. The Hall–Kier alpha value is -3.59. The molecule has 3 fully saturated rings. The topological polar surface area (TPSA) is 104 Å². The maximum Gasteiger partial charge on any atom is 0.304 e. The van der Waals surface area contributed by atoms with Crippen LogP contribution in [0.3, 0.4) is 0 Å². The van der Waals surface area contributed by atoms with Gasteiger partial charge in [-0.3, -0.25) is 24.3 Å². The zero-order valence-electron chi connectivity index (χ0n) is 24.1. The first-order valence-electron chi connectivity index (χ1n) is 15.2. The molecule has 2 amide bonds. The molecule has 8 nitrogen and oxygen atoms in total. The second-order valence-electron chi connectivity index (χ2n) is 12.2. The Morgan fingerprint density at radius 1 is 1.07 bits per heavy atom. The van der Waals surface area contributed by atoms with Crippen LogP contribution in [0.4, 0.5) is 5.13 Å². The molecule has 1 unspecified atom stereocenters. The van der Waals surface area contributed by atoms with Crippen molar-refractivity contribution >= 4 is 34.3 Å². The molecule has 3 aromatic rings. The number of carbonyl (C=O) groups excluding carboxylic acids is 2. The lowest BCUT2D eigenvalue weighted by Gasteiger charge is -2.28. The molecular formula is C33H38N4O4S. The molecule has 0 bridgehead atoms. The van der Waals surface area contributed by atoms with E-state index in [0.29, 0.717) is 23.9 Å². The quantitative estimate of drug-likeness (QED) is 0.296. The predicted molar refractivity (Wildman–Crippen MR) is 163 cm³/mol. The minimum atomic E-state index is -0.919. The van der Waals surface area contributed by atoms with Gasteiger partial charge >= 0.3 is 5.97 Å². The van der Waals surface area contributed by atoms with Crippen LogP contribution < -0.4 is 4.90 Å². The fraction of sp³-hybridized carbons (Fsp3) is 0.485. The average Bonchev–Trinajstić information content (AvgIpc) is 3.46. The van der Waals surface area contributed by atoms with E-state index in [9.17, 15) is 19.5 Å². The van der Waals surface area contributed by atoms with Crippen LogP contribution in [0.15, 0.2) is 48.0 Å². The van der Waals surface area contributed by atoms with E-state index in [2.05, 4.69) is 12.1 Å². The molecule has 1 N–H and O–H groups in total. The third-order valence-electron chi connectivity index (χ3n) is 9.09. The molecular weight excluding hydrogens is 548 g/mol. The monoisotopic (exact) mass is 586 g/mol. The van der Waals surface area contributed by atoms with Gasteiger partial charge in [0, 0.05) is 66.3 Å². The van der Waals surface area contributed by atoms with Crippen LogP contribution in [0, 0.1) is 11.8 Å². The molecule has 2 saturated carbocycles. The van der Waals surface area contributed by atoms with Gasteiger partial charge in [0.2, 0.25) is 11.8 Å². The first kappa shape index (κ1) is 28.5. The van der Waals surface area contributed by atoms with Crippen molar-refractivity contribution in [3.05, 3.63) is 53.7 Å². The highest BCUT2D eigenvalue weighted by molar-refractivity contribution is 7.14. The van der Waals surface area contributed by atoms with Crippen molar-refractivity contribution in [2.24, 2.45) is 11.8 Å². The first-order valence-corrected chi connectivity index (χ1v) is 16.1. The highest BCUT2D eigenvalue weighted by atomic mass is 32.1. The van der Waals surface area contributed by atoms with E-state index in [1.165, 1.54) is 11.3 Å². The van der Waals surface area contributed by atoms with E-state index < -0.39 is 11.9 Å². The zero-order valence-corrected chi connectivity index (χ0v) is 24.9. The van der Waals surface area contributed by atoms with E-state index in [1.54, 1.807) is 9.80 Å². The number of nitrogens with zero attached hydrogens (tertiary/aromatic N) is 4. The first-order chi connectivity index (χ1) is 20.4. The molecule has 9 heteroatoms. The number of hydrogen-bond acceptors (Lipinski definition) is 6. The zero-order chi connectivity index (χ0) is 29.2. The lowest BCUT2D eigenvalue weighted by Crippen LogP contribution is -2.39. The number of piperidine rings is 1. The predicted octanol–water partition coefficient (Wildman–Crippen LogP) is 6.37. The third-order valence-corrected chi connectivity index (χ3v) is 9.93. The maximum atomic E-state index is 13.9. The number of amides is 2. The Labute approximate surface area is 250 Å². The fourth-order valence-corrected chi connectivity index (χ4v) is 7.45. The molecule has 0 radical (unpaired) electrons. The lowest BCUT2D eigenvalue weighted by atomic mass is 9.90. The van der Waals surface area contributed by atoms with Crippen LogP contribution in [0.5, 0.6) is 0 Å². The van der Waals surface area contributed by atoms with E-state index in [1.807, 2.05) is 42.9 Å². The third kappa shape index (κ3) is 6.26. The van der Waals surface area contributed by atoms with Crippen LogP contribution in [-0.4, -0.2) is 57.4 Å². The highest BCUT2D eigenvalue weighted by Crippen LogP contribution is 2.41. The van der Waals surface area contributed by atoms with Gasteiger partial charge in [0.15, 0.2) is 5.13 Å². The summed E-state index contributed by atoms with van der Waals surface area (Å²) in [5.74, 6) is -0.795. The van der Waals surface area contributed by atoms with Gasteiger partial charge < -0.3 is 10.0 Å². The number of carboxylic acids is 1. The Balaban J connectivity index is 1.24. The van der Waals surface area contributed by atoms with Gasteiger partial charge in [-0.15, -0.1) is 11.3 Å². The molecule has 2 aromatic heterocycles. The summed E-state index contributed by atoms with van der Waals surface area (Å²) >= 11 is 1.45. The van der Waals surface area contributed by atoms with Crippen LogP contribution >= 0.6 is 11.3 Å². The number of pyridine rings is 1. The largest absolute Gasteiger partial charge is 0.481 e. The van der Waals surface area contributed by atoms with Crippen molar-refractivity contribution in [1.29, 1.82) is 0 Å². The van der Waals surface area contributed by atoms with Gasteiger partial charge in [-0.05, 0) is 43.2 Å². The van der Waals surface area contributed by atoms with Gasteiger partial charge in [-0.25, -0.2) is 4.98 Å². The number of aliphatic carboxylic acids is 1. The number of rotatable bonds is 10. The summed E-state index contributed by atoms with van der Waals surface area (Å²) in [6, 6.07) is 12.3. The number of carbonyl (C=O) groups is 3. The molecule has 6 rings (SSSR count). The molecule has 2 atom stereocenters. The molecule has 220 valence electrons. The summed E-state index contributed by atoms with van der Waals surface area (Å²) in [6.45, 7) is 0.750. The van der Waals surface area contributed by atoms with E-state index in [0.717, 1.165) is 79.6 Å². The Kier molecular flexibility index (Phi) is 8.38. The van der Waals surface area contributed by atoms with Crippen LogP contribution in [0.25, 0.3) is 22.4 Å². The van der Waals surface area contributed by atoms with E-state index >= 15 is 0 Å². The van der Waals surface area contributed by atoms with Crippen molar-refractivity contribution in [2.75, 3.05) is 18.5 Å². The summed E-state index contributed by atoms with van der Waals surface area (Å²) in [5.41, 5.74) is 4.67. The second kappa shape index (κ2) is 12.3. The Morgan fingerprint density at radius 3 is 2.50 bits per heavy atom. The number of benzene rings is 1. The molecule has 1 saturated heterocycles. The Bertz CT molecular complexity index is 1440. The van der Waals surface area contributed by atoms with Gasteiger partial charge in [-0.2, -0.15) is 0 Å². The summed E-state index contributed by atoms with van der Waals surface area (Å²) in [4.78, 5) is 51.1. The molecule has 2 aliphatic carbocycles. The van der Waals surface area contributed by atoms with E-state index in [4.69, 9.17) is 9.97 Å². The highest BCUT2D eigenvalue weighted by Gasteiger charge is 2.40. The number of thiazole rings is 1. The van der Waals surface area contributed by atoms with Crippen LogP contribution in [0.1, 0.15) is 75.8 Å². The molecule has 3 heterocycles. The maximum absolute atomic E-state index is 13.9. The number of likely N-dealkylation sites (tertiary alicyclic amines) is 1. The van der Waals surface area contributed by atoms with Crippen molar-refractivity contribution in [2.45, 2.75) is 76.2 Å². The van der Waals surface area contributed by atoms with E-state index in [-0.39, 0.29) is 30.2 Å². The number of carboxylic acid groups (broad SMARTS) is 1. The average molecular weight is 587 g/mol. The summed E-state index contributed by atoms with van der Waals surface area (Å²) in [6.07, 6.45) is 10.1. The van der Waals surface area contributed by atoms with Crippen molar-refractivity contribution < 1.29 is 19.5 Å². The smallest absolute Gasteiger partial charge is 0.304 e. The minimum Gasteiger partial charge on any atom is -0.481 e. The summed E-state index contributed by atoms with van der Waals surface area (Å²) in [5, 5.41) is 12.3. The SMILES string of the molecule is CN1CCC(c2ccc(-c3ccccc3-c3csc(N(C(=O)[C@@H](CC(=O)O)CC4CCCC4)C4CC4)n3)cn2)CC1=O. The molecule has 1 aromatic carbocycles. The summed E-state index contributed by atoms with van der Waals surface area (Å²) < 4.78 is 0. The van der Waals surface area contributed by atoms with Gasteiger partial charge in [0.05, 0.1) is 12.1 Å². The van der Waals surface area contributed by atoms with Crippen molar-refractivity contribution in [3.63, 3.8) is 0 Å². The number of anilines is 1. The normalized spacial score (nSPS) is 20.1. The van der Waals surface area contributed by atoms with Gasteiger partial charge in [-0.1, -0.05) is 56.0 Å². The standard InChI is InChI=1S/C33H38N4O4S/c1-36-15-14-22(17-30(36)38)28-13-10-23(19-34-28)26-8-4-5-9-27(26)29-20-42-33(35-29)37(25-11-12-25)32(41)24(18-31(39)40)16-21-6-2-3-7-21/h4-5,8-10,13,19-22,24-25H,2-3,6-7,11-12,14-18H2,1H3,(H,39,40)/t22?,24-/m1/s1. The van der Waals surface area contributed by atoms with Crippen molar-refractivity contribution in [3.8, 4) is 22.4 Å². The number of hydrogen-bond donors (Lipinski definition) is 1. The molecule has 42 heavy (non-hydrogen) atoms. The molecule has 3 aliphatic rings. The molecule has 0 spiro atoms. The number of aromatic nitrogens is 2. The van der Waals surface area contributed by atoms with Gasteiger partial charge in [0.1, 0.15) is 0 Å². The second-order valence-corrected chi connectivity index (χ2v) is 13.0. The van der Waals surface area contributed by atoms with Gasteiger partial charge in [0.25, 0.3) is 0 Å². The van der Waals surface area contributed by atoms with Crippen molar-refractivity contribution in [1.82, 2.24) is 14.9 Å². The van der Waals surface area contributed by atoms with Crippen LogP contribution in [-0.2, 0) is 14.4 Å². The fourth-order valence-electron chi connectivity index (χ4n) is 6.55. The summed E-state index contributed by atoms with van der Waals surface area (Å²) in [7, 11) is 1.85.